The van der Waals surface area contributed by atoms with Crippen LogP contribution in [-0.2, 0) is 16.0 Å². The monoisotopic (exact) mass is 602 g/mol. The van der Waals surface area contributed by atoms with Crippen molar-refractivity contribution in [3.63, 3.8) is 0 Å². The summed E-state index contributed by atoms with van der Waals surface area (Å²) in [5.74, 6) is 4.22. The van der Waals surface area contributed by atoms with Crippen LogP contribution in [-0.4, -0.2) is 71.3 Å². The lowest BCUT2D eigenvalue weighted by molar-refractivity contribution is -0.133. The molecule has 1 unspecified atom stereocenters. The Bertz CT molecular complexity index is 1250. The normalized spacial score (nSPS) is 43.6. The Hall–Kier alpha value is -1.69. The number of benzene rings is 1. The van der Waals surface area contributed by atoms with E-state index in [1.54, 1.807) is 11.1 Å². The maximum Gasteiger partial charge on any atom is 0.236 e. The lowest BCUT2D eigenvalue weighted by Crippen LogP contribution is -2.54. The number of likely N-dealkylation sites (tertiary alicyclic amines) is 1. The third-order valence-corrected chi connectivity index (χ3v) is 14.2. The molecule has 0 aromatic heterocycles. The summed E-state index contributed by atoms with van der Waals surface area (Å²) in [5.41, 5.74) is 5.00. The second-order valence-electron chi connectivity index (χ2n) is 16.6. The van der Waals surface area contributed by atoms with Crippen LogP contribution in [0, 0.1) is 40.9 Å². The van der Waals surface area contributed by atoms with Crippen molar-refractivity contribution in [1.29, 1.82) is 0 Å². The van der Waals surface area contributed by atoms with Gasteiger partial charge in [-0.1, -0.05) is 62.2 Å². The van der Waals surface area contributed by atoms with Crippen LogP contribution in [0.25, 0.3) is 0 Å². The van der Waals surface area contributed by atoms with Crippen LogP contribution in [0.2, 0.25) is 0 Å². The number of carbonyl (C=O) groups excluding carboxylic acids is 1. The fourth-order valence-electron chi connectivity index (χ4n) is 11.7. The highest BCUT2D eigenvalue weighted by molar-refractivity contribution is 5.78. The lowest BCUT2D eigenvalue weighted by atomic mass is 9.52. The molecule has 1 N–H and O–H groups in total. The highest BCUT2D eigenvalue weighted by Crippen LogP contribution is 2.65. The molecule has 0 bridgehead atoms. The number of hydrogen-bond acceptors (Lipinski definition) is 4. The van der Waals surface area contributed by atoms with Gasteiger partial charge in [-0.15, -0.1) is 0 Å². The summed E-state index contributed by atoms with van der Waals surface area (Å²) in [7, 11) is 1.97. The molecule has 6 aliphatic rings. The number of piperidine rings is 1. The standard InChI is InChI=1S/C39H58N2O3/c1-25-19-35-37(41(23-25)24-36(43)40(5)18-15-28-9-7-6-8-10-28)27(3)39(44-35)17-14-31-32-12-11-29-20-30(42)13-16-38(29,4)34(32)21-33(31)26(2)22-39/h6-10,25,27,29-32,34-35,37,42H,11-24H2,1-5H3/t25-,27+,29+,30?,31-,32-,34-,35+,37-,38-,39-/m0/s1. The molecule has 242 valence electrons. The molecule has 1 spiro atoms. The Morgan fingerprint density at radius 2 is 1.89 bits per heavy atom. The first-order valence-electron chi connectivity index (χ1n) is 18.1. The molecule has 7 rings (SSSR count). The minimum absolute atomic E-state index is 0.0749. The molecule has 1 amide bonds. The van der Waals surface area contributed by atoms with E-state index in [0.717, 1.165) is 69.4 Å². The molecule has 5 nitrogen and oxygen atoms in total. The number of ether oxygens (including phenoxy) is 1. The zero-order valence-electron chi connectivity index (χ0n) is 28.1. The zero-order valence-corrected chi connectivity index (χ0v) is 28.1. The van der Waals surface area contributed by atoms with Gasteiger partial charge in [0.15, 0.2) is 0 Å². The molecule has 3 saturated carbocycles. The summed E-state index contributed by atoms with van der Waals surface area (Å²) in [4.78, 5) is 18.0. The summed E-state index contributed by atoms with van der Waals surface area (Å²) < 4.78 is 7.29. The van der Waals surface area contributed by atoms with Crippen LogP contribution in [0.5, 0.6) is 0 Å². The molecular formula is C39H58N2O3. The van der Waals surface area contributed by atoms with Crippen LogP contribution < -0.4 is 0 Å². The SMILES string of the molecule is CC1=C2C[C@H]3[C@@H](CC[C@@H]4CC(O)CC[C@@]43C)[C@@H]2CC[C@@]2(C1)O[C@@H]1C[C@H](C)CN(CC(=O)N(C)CCc3ccccc3)[C@H]1[C@H]2C. The minimum atomic E-state index is -0.104. The zero-order chi connectivity index (χ0) is 30.8. The molecule has 2 aliphatic heterocycles. The molecular weight excluding hydrogens is 544 g/mol. The van der Waals surface area contributed by atoms with E-state index in [0.29, 0.717) is 35.8 Å². The maximum absolute atomic E-state index is 13.5. The van der Waals surface area contributed by atoms with Gasteiger partial charge in [0.25, 0.3) is 0 Å². The molecule has 1 aromatic rings. The van der Waals surface area contributed by atoms with Gasteiger partial charge in [-0.3, -0.25) is 9.69 Å². The van der Waals surface area contributed by atoms with Gasteiger partial charge >= 0.3 is 0 Å². The van der Waals surface area contributed by atoms with Crippen molar-refractivity contribution in [2.45, 2.75) is 122 Å². The third-order valence-electron chi connectivity index (χ3n) is 14.2. The number of aliphatic hydroxyl groups excluding tert-OH is 1. The Balaban J connectivity index is 1.06. The van der Waals surface area contributed by atoms with E-state index in [2.05, 4.69) is 56.9 Å². The quantitative estimate of drug-likeness (QED) is 0.373. The molecule has 1 aromatic carbocycles. The van der Waals surface area contributed by atoms with E-state index in [9.17, 15) is 9.90 Å². The molecule has 5 heteroatoms. The summed E-state index contributed by atoms with van der Waals surface area (Å²) >= 11 is 0. The van der Waals surface area contributed by atoms with Gasteiger partial charge in [-0.05, 0) is 118 Å². The van der Waals surface area contributed by atoms with E-state index in [1.165, 1.54) is 37.7 Å². The van der Waals surface area contributed by atoms with Gasteiger partial charge in [0.2, 0.25) is 5.91 Å². The van der Waals surface area contributed by atoms with Gasteiger partial charge in [-0.2, -0.15) is 0 Å². The molecule has 5 fully saturated rings. The number of rotatable bonds is 5. The summed E-state index contributed by atoms with van der Waals surface area (Å²) in [6, 6.07) is 10.8. The van der Waals surface area contributed by atoms with Gasteiger partial charge in [-0.25, -0.2) is 0 Å². The van der Waals surface area contributed by atoms with E-state index in [1.807, 2.05) is 18.0 Å². The van der Waals surface area contributed by atoms with Crippen molar-refractivity contribution < 1.29 is 14.6 Å². The number of allylic oxidation sites excluding steroid dienone is 1. The van der Waals surface area contributed by atoms with E-state index in [4.69, 9.17) is 4.74 Å². The largest absolute Gasteiger partial charge is 0.393 e. The Morgan fingerprint density at radius 1 is 1.09 bits per heavy atom. The summed E-state index contributed by atoms with van der Waals surface area (Å²) in [6.07, 6.45) is 12.8. The first-order chi connectivity index (χ1) is 21.1. The first-order valence-corrected chi connectivity index (χ1v) is 18.1. The van der Waals surface area contributed by atoms with Crippen LogP contribution >= 0.6 is 0 Å². The number of fused-ring (bicyclic) bond motifs is 6. The number of nitrogens with zero attached hydrogens (tertiary/aromatic N) is 2. The molecule has 0 radical (unpaired) electrons. The number of carbonyl (C=O) groups is 1. The second-order valence-corrected chi connectivity index (χ2v) is 16.6. The molecule has 2 saturated heterocycles. The van der Waals surface area contributed by atoms with E-state index < -0.39 is 0 Å². The smallest absolute Gasteiger partial charge is 0.236 e. The number of likely N-dealkylation sites (N-methyl/N-ethyl adjacent to an activating group) is 1. The van der Waals surface area contributed by atoms with E-state index >= 15 is 0 Å². The lowest BCUT2D eigenvalue weighted by Gasteiger charge is -2.53. The summed E-state index contributed by atoms with van der Waals surface area (Å²) in [5, 5.41) is 10.4. The highest BCUT2D eigenvalue weighted by atomic mass is 16.5. The van der Waals surface area contributed by atoms with Crippen molar-refractivity contribution in [3.8, 4) is 0 Å². The Labute approximate surface area is 266 Å². The molecule has 11 atom stereocenters. The fourth-order valence-corrected chi connectivity index (χ4v) is 11.7. The number of amides is 1. The second kappa shape index (κ2) is 11.8. The van der Waals surface area contributed by atoms with Gasteiger partial charge in [0, 0.05) is 32.1 Å². The van der Waals surface area contributed by atoms with Crippen molar-refractivity contribution in [2.24, 2.45) is 40.9 Å². The number of hydrogen-bond donors (Lipinski definition) is 1. The Morgan fingerprint density at radius 3 is 2.68 bits per heavy atom. The molecule has 4 aliphatic carbocycles. The van der Waals surface area contributed by atoms with Crippen molar-refractivity contribution in [2.75, 3.05) is 26.7 Å². The fraction of sp³-hybridized carbons (Fsp3) is 0.769. The molecule has 44 heavy (non-hydrogen) atoms. The van der Waals surface area contributed by atoms with Gasteiger partial charge in [0.1, 0.15) is 0 Å². The van der Waals surface area contributed by atoms with Crippen molar-refractivity contribution in [1.82, 2.24) is 9.80 Å². The third kappa shape index (κ3) is 5.31. The summed E-state index contributed by atoms with van der Waals surface area (Å²) in [6.45, 7) is 12.1. The predicted octanol–water partition coefficient (Wildman–Crippen LogP) is 6.89. The van der Waals surface area contributed by atoms with Gasteiger partial charge < -0.3 is 14.7 Å². The molecule has 2 heterocycles. The average Bonchev–Trinajstić information content (AvgIpc) is 3.46. The first kappa shape index (κ1) is 30.9. The maximum atomic E-state index is 13.5. The van der Waals surface area contributed by atoms with Crippen LogP contribution in [0.3, 0.4) is 0 Å². The Kier molecular flexibility index (Phi) is 8.32. The van der Waals surface area contributed by atoms with Gasteiger partial charge in [0.05, 0.1) is 24.4 Å². The van der Waals surface area contributed by atoms with Crippen LogP contribution in [0.4, 0.5) is 0 Å². The van der Waals surface area contributed by atoms with Crippen molar-refractivity contribution >= 4 is 5.91 Å². The average molecular weight is 603 g/mol. The highest BCUT2D eigenvalue weighted by Gasteiger charge is 2.60. The van der Waals surface area contributed by atoms with E-state index in [-0.39, 0.29) is 23.7 Å². The predicted molar refractivity (Wildman–Crippen MR) is 176 cm³/mol. The van der Waals surface area contributed by atoms with Crippen molar-refractivity contribution in [3.05, 3.63) is 47.0 Å². The number of aliphatic hydroxyl groups is 1. The topological polar surface area (TPSA) is 53.0 Å². The van der Waals surface area contributed by atoms with Crippen LogP contribution in [0.1, 0.15) is 97.5 Å². The minimum Gasteiger partial charge on any atom is -0.393 e. The van der Waals surface area contributed by atoms with Crippen LogP contribution in [0.15, 0.2) is 41.5 Å².